The lowest BCUT2D eigenvalue weighted by molar-refractivity contribution is -0.125. The van der Waals surface area contributed by atoms with Crippen LogP contribution in [0.5, 0.6) is 23.0 Å². The summed E-state index contributed by atoms with van der Waals surface area (Å²) in [5.41, 5.74) is 9.13. The van der Waals surface area contributed by atoms with E-state index in [2.05, 4.69) is 64.4 Å². The van der Waals surface area contributed by atoms with Crippen LogP contribution in [0.4, 0.5) is 27.5 Å². The summed E-state index contributed by atoms with van der Waals surface area (Å²) in [6.45, 7) is 15.9. The maximum absolute atomic E-state index is 12.3. The Labute approximate surface area is 491 Å². The van der Waals surface area contributed by atoms with E-state index in [1.54, 1.807) is 45.3 Å². The molecule has 2 aliphatic rings. The number of nitrogens with zero attached hydrogens (tertiary/aromatic N) is 3. The first-order valence-corrected chi connectivity index (χ1v) is 27.8. The predicted molar refractivity (Wildman–Crippen MR) is 329 cm³/mol. The molecule has 7 rings (SSSR count). The van der Waals surface area contributed by atoms with Crippen LogP contribution in [0, 0.1) is 12.8 Å². The van der Waals surface area contributed by atoms with Crippen molar-refractivity contribution in [3.05, 3.63) is 131 Å². The first kappa shape index (κ1) is 69.0. The van der Waals surface area contributed by atoms with Crippen molar-refractivity contribution in [1.82, 2.24) is 15.5 Å². The number of aryl methyl sites for hydroxylation is 1. The first-order valence-electron chi connectivity index (χ1n) is 27.8. The Hall–Kier alpha value is -8.32. The van der Waals surface area contributed by atoms with Gasteiger partial charge in [0.1, 0.15) is 12.9 Å². The molecule has 0 aromatic heterocycles. The van der Waals surface area contributed by atoms with E-state index in [0.717, 1.165) is 77.9 Å². The highest BCUT2D eigenvalue weighted by Gasteiger charge is 2.31. The lowest BCUT2D eigenvalue weighted by Crippen LogP contribution is -2.54. The smallest absolute Gasteiger partial charge is 0.409 e. The van der Waals surface area contributed by atoms with Gasteiger partial charge in [0, 0.05) is 80.7 Å². The van der Waals surface area contributed by atoms with E-state index < -0.39 is 6.09 Å². The summed E-state index contributed by atoms with van der Waals surface area (Å²) >= 11 is 0. The molecular weight excluding hydrogens is 1060 g/mol. The minimum Gasteiger partial charge on any atom is -0.493 e. The van der Waals surface area contributed by atoms with Gasteiger partial charge >= 0.3 is 6.09 Å². The summed E-state index contributed by atoms with van der Waals surface area (Å²) in [6, 6.07) is 33.9. The van der Waals surface area contributed by atoms with E-state index in [1.165, 1.54) is 22.6 Å². The highest BCUT2D eigenvalue weighted by atomic mass is 16.6. The lowest BCUT2D eigenvalue weighted by atomic mass is 9.99. The van der Waals surface area contributed by atoms with Crippen molar-refractivity contribution < 1.29 is 57.6 Å². The Morgan fingerprint density at radius 2 is 1.36 bits per heavy atom. The Kier molecular flexibility index (Phi) is 30.1. The number of benzene rings is 5. The van der Waals surface area contributed by atoms with Gasteiger partial charge in [0.2, 0.25) is 12.3 Å². The predicted octanol–water partition coefficient (Wildman–Crippen LogP) is 9.86. The number of fused-ring (bicyclic) bond motifs is 2. The highest BCUT2D eigenvalue weighted by molar-refractivity contribution is 5.86. The third-order valence-corrected chi connectivity index (χ3v) is 13.4. The molecule has 5 aromatic carbocycles. The van der Waals surface area contributed by atoms with Gasteiger partial charge in [-0.1, -0.05) is 68.4 Å². The molecule has 5 aromatic rings. The molecule has 0 radical (unpaired) electrons. The standard InChI is InChI=1S/C22H29NO5.C20H23N3O3.C11H22N2O2.C10H13N.CH2O2/c1-16-8-9-19(20(12-16)25-3)27-10-6-5-7-11-28-22-14-18(23-2)17(15-24)13-21(22)26-4;1-21-17-9-7-15(8-10-17)13-26-20(25)22(2)12-18-11-16-5-3-4-6-19(16)23(18)14-24;1-8(2)9(13-11(3,4)5)10(15)12-6-7-14;1-8-7-9-5-3-4-6-10(9)11(8)2;2-1-3/h8-9,12-15,23H,5-7,10-11H2,1-4H3;3-10,14,18,21H,11-13H2,1-2H3;7-9,13H,6H2,1-5H3,(H,12,15);3-6,8H,7H2,1-2H3;1H,(H,2,3)/t;;;8-;/m...1./s1. The van der Waals surface area contributed by atoms with Crippen LogP contribution in [0.25, 0.3) is 0 Å². The molecule has 19 nitrogen and oxygen atoms in total. The van der Waals surface area contributed by atoms with Gasteiger partial charge in [0.15, 0.2) is 29.3 Å². The zero-order valence-electron chi connectivity index (χ0n) is 50.8. The number of carbonyl (C=O) groups is 6. The van der Waals surface area contributed by atoms with Crippen LogP contribution < -0.4 is 50.0 Å². The molecule has 3 amide bonds. The number of likely N-dealkylation sites (N-methyl/N-ethyl adjacent to an activating group) is 2. The normalized spacial score (nSPS) is 13.8. The van der Waals surface area contributed by atoms with E-state index in [4.69, 9.17) is 33.6 Å². The fourth-order valence-electron chi connectivity index (χ4n) is 8.97. The third kappa shape index (κ3) is 22.9. The molecular formula is C64H89N7O12. The van der Waals surface area contributed by atoms with Crippen LogP contribution in [0.1, 0.15) is 93.4 Å². The molecule has 5 N–H and O–H groups in total. The number of ether oxygens (including phenoxy) is 5. The Balaban J connectivity index is 0.000000301. The maximum atomic E-state index is 12.3. The number of carboxylic acid groups (broad SMARTS) is 1. The van der Waals surface area contributed by atoms with Crippen molar-refractivity contribution in [2.75, 3.05) is 89.1 Å². The van der Waals surface area contributed by atoms with Gasteiger partial charge in [-0.05, 0) is 137 Å². The monoisotopic (exact) mass is 1150 g/mol. The van der Waals surface area contributed by atoms with Crippen LogP contribution >= 0.6 is 0 Å². The van der Waals surface area contributed by atoms with Gasteiger partial charge in [-0.3, -0.25) is 19.2 Å². The third-order valence-electron chi connectivity index (χ3n) is 13.4. The van der Waals surface area contributed by atoms with Crippen LogP contribution in [-0.2, 0) is 43.4 Å². The summed E-state index contributed by atoms with van der Waals surface area (Å²) in [7, 11) is 10.7. The summed E-state index contributed by atoms with van der Waals surface area (Å²) in [6.07, 6.45) is 6.63. The Morgan fingerprint density at radius 1 is 0.771 bits per heavy atom. The van der Waals surface area contributed by atoms with Gasteiger partial charge in [-0.25, -0.2) is 4.79 Å². The average Bonchev–Trinajstić information content (AvgIpc) is 4.26. The second kappa shape index (κ2) is 36.2. The summed E-state index contributed by atoms with van der Waals surface area (Å²) < 4.78 is 27.7. The van der Waals surface area contributed by atoms with Crippen molar-refractivity contribution in [3.63, 3.8) is 0 Å². The number of methoxy groups -OCH3 is 2. The number of nitrogens with one attached hydrogen (secondary N) is 4. The zero-order valence-corrected chi connectivity index (χ0v) is 50.8. The number of unbranched alkanes of at least 4 members (excludes halogenated alkanes) is 2. The first-order chi connectivity index (χ1) is 39.7. The number of hydrogen-bond donors (Lipinski definition) is 5. The Bertz CT molecular complexity index is 2790. The second-order valence-corrected chi connectivity index (χ2v) is 21.2. The molecule has 0 spiro atoms. The van der Waals surface area contributed by atoms with E-state index in [1.807, 2.05) is 115 Å². The van der Waals surface area contributed by atoms with Crippen molar-refractivity contribution in [1.29, 1.82) is 0 Å². The van der Waals surface area contributed by atoms with E-state index in [-0.39, 0.29) is 49.1 Å². The van der Waals surface area contributed by atoms with Crippen molar-refractivity contribution in [2.45, 2.75) is 111 Å². The molecule has 452 valence electrons. The van der Waals surface area contributed by atoms with Crippen molar-refractivity contribution >= 4 is 60.2 Å². The fraction of sp³-hybridized carbons (Fsp3) is 0.438. The number of amides is 3. The molecule has 0 saturated heterocycles. The highest BCUT2D eigenvalue weighted by Crippen LogP contribution is 2.34. The minimum absolute atomic E-state index is 0.0719. The number of hydrogen-bond acceptors (Lipinski definition) is 15. The van der Waals surface area contributed by atoms with Crippen LogP contribution in [-0.4, -0.2) is 140 Å². The topological polar surface area (TPSA) is 227 Å². The SMILES string of the molecule is CC(C)C(NC(C)(C)C)C(=O)NCC=O.CNc1cc(OCCCCCOc2ccc(C)cc2OC)c(OC)cc1C=O.CNc1ccc(COC(=O)N(C)CC2Cc3ccccc3N2C=O)cc1.C[C@@H]1Cc2ccccc2N1C.O=CO. The summed E-state index contributed by atoms with van der Waals surface area (Å²) in [5.74, 6) is 2.77. The number of carbonyl (C=O) groups excluding carboxylic acids is 5. The van der Waals surface area contributed by atoms with Gasteiger partial charge in [-0.15, -0.1) is 0 Å². The average molecular weight is 1150 g/mol. The van der Waals surface area contributed by atoms with Gasteiger partial charge in [0.25, 0.3) is 6.47 Å². The van der Waals surface area contributed by atoms with Crippen LogP contribution in [0.3, 0.4) is 0 Å². The fourth-order valence-corrected chi connectivity index (χ4v) is 8.97. The van der Waals surface area contributed by atoms with Crippen molar-refractivity contribution in [2.24, 2.45) is 5.92 Å². The largest absolute Gasteiger partial charge is 0.493 e. The number of aldehydes is 2. The van der Waals surface area contributed by atoms with Gasteiger partial charge in [0.05, 0.1) is 46.1 Å². The molecule has 0 bridgehead atoms. The lowest BCUT2D eigenvalue weighted by Gasteiger charge is -2.30. The molecule has 0 fully saturated rings. The van der Waals surface area contributed by atoms with E-state index >= 15 is 0 Å². The molecule has 0 aliphatic carbocycles. The molecule has 2 aliphatic heterocycles. The van der Waals surface area contributed by atoms with Crippen LogP contribution in [0.2, 0.25) is 0 Å². The molecule has 0 saturated carbocycles. The maximum Gasteiger partial charge on any atom is 0.409 e. The van der Waals surface area contributed by atoms with Crippen LogP contribution in [0.15, 0.2) is 103 Å². The van der Waals surface area contributed by atoms with E-state index in [0.29, 0.717) is 54.8 Å². The Morgan fingerprint density at radius 3 is 1.90 bits per heavy atom. The number of rotatable bonds is 23. The van der Waals surface area contributed by atoms with E-state index in [9.17, 15) is 24.0 Å². The minimum atomic E-state index is -0.399. The second-order valence-electron chi connectivity index (χ2n) is 21.2. The molecule has 3 atom stereocenters. The van der Waals surface area contributed by atoms with Gasteiger partial charge in [-0.2, -0.15) is 0 Å². The number of anilines is 4. The summed E-state index contributed by atoms with van der Waals surface area (Å²) in [5, 5.41) is 18.7. The zero-order chi connectivity index (χ0) is 61.5. The molecule has 2 unspecified atom stereocenters. The van der Waals surface area contributed by atoms with Crippen molar-refractivity contribution in [3.8, 4) is 23.0 Å². The molecule has 2 heterocycles. The quantitative estimate of drug-likeness (QED) is 0.0303. The van der Waals surface area contributed by atoms with Gasteiger partial charge < -0.3 is 69.6 Å². The number of para-hydroxylation sites is 2. The molecule has 83 heavy (non-hydrogen) atoms. The molecule has 19 heteroatoms. The summed E-state index contributed by atoms with van der Waals surface area (Å²) in [4.78, 5) is 70.6.